The van der Waals surface area contributed by atoms with Crippen molar-refractivity contribution < 1.29 is 9.59 Å². The summed E-state index contributed by atoms with van der Waals surface area (Å²) in [5.41, 5.74) is 3.57. The minimum atomic E-state index is -0.505. The second-order valence-corrected chi connectivity index (χ2v) is 7.65. The number of nitrogens with one attached hydrogen (secondary N) is 3. The van der Waals surface area contributed by atoms with Gasteiger partial charge in [0.05, 0.1) is 12.6 Å². The molecule has 2 atom stereocenters. The van der Waals surface area contributed by atoms with E-state index >= 15 is 0 Å². The van der Waals surface area contributed by atoms with Crippen LogP contribution in [0.25, 0.3) is 0 Å². The fourth-order valence-corrected chi connectivity index (χ4v) is 3.48. The lowest BCUT2D eigenvalue weighted by molar-refractivity contribution is -0.125. The number of rotatable bonds is 7. The van der Waals surface area contributed by atoms with Gasteiger partial charge in [0.25, 0.3) is 0 Å². The van der Waals surface area contributed by atoms with E-state index in [0.717, 1.165) is 22.4 Å². The number of amides is 2. The van der Waals surface area contributed by atoms with Gasteiger partial charge in [0.15, 0.2) is 0 Å². The maximum Gasteiger partial charge on any atom is 0.243 e. The molecule has 0 spiro atoms. The quantitative estimate of drug-likeness (QED) is 0.619. The normalized spacial score (nSPS) is 12.9. The average Bonchev–Trinajstić information content (AvgIpc) is 2.62. The highest BCUT2D eigenvalue weighted by atomic mass is 35.5. The fraction of sp³-hybridized carbons (Fsp3) is 0.333. The molecular weight excluding hydrogens is 397 g/mol. The van der Waals surface area contributed by atoms with Crippen LogP contribution in [0, 0.1) is 13.8 Å². The Balaban J connectivity index is 1.87. The number of carbonyl (C=O) groups is 2. The Bertz CT molecular complexity index is 850. The first-order chi connectivity index (χ1) is 13.2. The molecule has 0 aromatic heterocycles. The zero-order valence-electron chi connectivity index (χ0n) is 16.4. The molecule has 0 aliphatic rings. The molecule has 28 heavy (non-hydrogen) atoms. The predicted molar refractivity (Wildman–Crippen MR) is 115 cm³/mol. The average molecular weight is 422 g/mol. The van der Waals surface area contributed by atoms with Crippen molar-refractivity contribution in [2.45, 2.75) is 39.8 Å². The molecule has 0 saturated heterocycles. The Morgan fingerprint density at radius 3 is 2.29 bits per heavy atom. The van der Waals surface area contributed by atoms with Crippen LogP contribution >= 0.6 is 23.2 Å². The topological polar surface area (TPSA) is 70.2 Å². The smallest absolute Gasteiger partial charge is 0.243 e. The Hall–Kier alpha value is -2.08. The van der Waals surface area contributed by atoms with Gasteiger partial charge in [0.2, 0.25) is 11.8 Å². The summed E-state index contributed by atoms with van der Waals surface area (Å²) in [6, 6.07) is 10.4. The largest absolute Gasteiger partial charge is 0.346 e. The van der Waals surface area contributed by atoms with Gasteiger partial charge >= 0.3 is 0 Å². The number of hydrogen-bond acceptors (Lipinski definition) is 3. The third-order valence-corrected chi connectivity index (χ3v) is 5.05. The van der Waals surface area contributed by atoms with E-state index in [2.05, 4.69) is 16.0 Å². The van der Waals surface area contributed by atoms with Gasteiger partial charge in [-0.25, -0.2) is 0 Å². The summed E-state index contributed by atoms with van der Waals surface area (Å²) in [4.78, 5) is 24.5. The summed E-state index contributed by atoms with van der Waals surface area (Å²) in [6.45, 7) is 7.40. The van der Waals surface area contributed by atoms with Gasteiger partial charge in [-0.15, -0.1) is 0 Å². The van der Waals surface area contributed by atoms with Crippen molar-refractivity contribution in [3.63, 3.8) is 0 Å². The van der Waals surface area contributed by atoms with Crippen LogP contribution in [-0.4, -0.2) is 24.4 Å². The van der Waals surface area contributed by atoms with Gasteiger partial charge < -0.3 is 10.6 Å². The molecular formula is C21H25Cl2N3O2. The Labute approximate surface area is 175 Å². The summed E-state index contributed by atoms with van der Waals surface area (Å²) in [6.07, 6.45) is 0. The van der Waals surface area contributed by atoms with Gasteiger partial charge in [0.1, 0.15) is 0 Å². The first kappa shape index (κ1) is 22.2. The number of anilines is 1. The molecule has 150 valence electrons. The van der Waals surface area contributed by atoms with Crippen LogP contribution in [0.3, 0.4) is 0 Å². The highest BCUT2D eigenvalue weighted by Gasteiger charge is 2.18. The van der Waals surface area contributed by atoms with Crippen molar-refractivity contribution in [2.24, 2.45) is 0 Å². The highest BCUT2D eigenvalue weighted by Crippen LogP contribution is 2.26. The fourth-order valence-electron chi connectivity index (χ4n) is 2.91. The van der Waals surface area contributed by atoms with Crippen molar-refractivity contribution in [3.05, 3.63) is 63.1 Å². The van der Waals surface area contributed by atoms with Crippen LogP contribution in [0.5, 0.6) is 0 Å². The van der Waals surface area contributed by atoms with E-state index in [4.69, 9.17) is 23.2 Å². The Kier molecular flexibility index (Phi) is 7.87. The molecule has 2 amide bonds. The van der Waals surface area contributed by atoms with E-state index < -0.39 is 6.04 Å². The van der Waals surface area contributed by atoms with Crippen LogP contribution in [-0.2, 0) is 9.59 Å². The number of aryl methyl sites for hydroxylation is 2. The lowest BCUT2D eigenvalue weighted by Gasteiger charge is -2.21. The van der Waals surface area contributed by atoms with Crippen molar-refractivity contribution in [1.29, 1.82) is 0 Å². The highest BCUT2D eigenvalue weighted by molar-refractivity contribution is 6.35. The third kappa shape index (κ3) is 5.96. The van der Waals surface area contributed by atoms with Crippen LogP contribution in [0.1, 0.15) is 36.6 Å². The molecule has 0 radical (unpaired) electrons. The SMILES string of the molecule is Cc1cccc(C)c1NC(=O)CNC(=O)[C@@H](C)N[C@H](C)c1ccc(Cl)cc1Cl. The number of carbonyl (C=O) groups excluding carboxylic acids is 2. The summed E-state index contributed by atoms with van der Waals surface area (Å²) in [5.74, 6) is -0.541. The maximum absolute atomic E-state index is 12.3. The molecule has 0 heterocycles. The zero-order chi connectivity index (χ0) is 20.8. The van der Waals surface area contributed by atoms with Crippen LogP contribution in [0.4, 0.5) is 5.69 Å². The Morgan fingerprint density at radius 1 is 1.04 bits per heavy atom. The molecule has 3 N–H and O–H groups in total. The third-order valence-electron chi connectivity index (χ3n) is 4.49. The van der Waals surface area contributed by atoms with E-state index in [1.54, 1.807) is 19.1 Å². The lowest BCUT2D eigenvalue weighted by atomic mass is 10.1. The van der Waals surface area contributed by atoms with E-state index in [-0.39, 0.29) is 24.4 Å². The first-order valence-electron chi connectivity index (χ1n) is 9.03. The standard InChI is InChI=1S/C21H25Cl2N3O2/c1-12-6-5-7-13(2)20(12)26-19(27)11-24-21(28)15(4)25-14(3)17-9-8-16(22)10-18(17)23/h5-10,14-15,25H,11H2,1-4H3,(H,24,28)(H,26,27)/t14-,15-/m1/s1. The molecule has 2 aromatic carbocycles. The monoisotopic (exact) mass is 421 g/mol. The van der Waals surface area contributed by atoms with Gasteiger partial charge in [-0.2, -0.15) is 0 Å². The molecule has 2 aromatic rings. The molecule has 0 unspecified atom stereocenters. The van der Waals surface area contributed by atoms with Crippen LogP contribution in [0.2, 0.25) is 10.0 Å². The van der Waals surface area contributed by atoms with Crippen LogP contribution in [0.15, 0.2) is 36.4 Å². The zero-order valence-corrected chi connectivity index (χ0v) is 17.9. The molecule has 0 aliphatic carbocycles. The molecule has 0 fully saturated rings. The second kappa shape index (κ2) is 9.92. The minimum absolute atomic E-state index is 0.102. The summed E-state index contributed by atoms with van der Waals surface area (Å²) >= 11 is 12.1. The van der Waals surface area contributed by atoms with Gasteiger partial charge in [-0.1, -0.05) is 47.5 Å². The molecule has 0 bridgehead atoms. The van der Waals surface area contributed by atoms with E-state index in [0.29, 0.717) is 10.0 Å². The van der Waals surface area contributed by atoms with E-state index in [1.165, 1.54) is 0 Å². The molecule has 0 saturated carbocycles. The molecule has 2 rings (SSSR count). The summed E-state index contributed by atoms with van der Waals surface area (Å²) in [7, 11) is 0. The number of hydrogen-bond donors (Lipinski definition) is 3. The molecule has 0 aliphatic heterocycles. The van der Waals surface area contributed by atoms with Crippen molar-refractivity contribution >= 4 is 40.7 Å². The molecule has 7 heteroatoms. The van der Waals surface area contributed by atoms with E-state index in [1.807, 2.05) is 45.0 Å². The molecule has 5 nitrogen and oxygen atoms in total. The van der Waals surface area contributed by atoms with Crippen LogP contribution < -0.4 is 16.0 Å². The van der Waals surface area contributed by atoms with Gasteiger partial charge in [-0.3, -0.25) is 14.9 Å². The van der Waals surface area contributed by atoms with Crippen molar-refractivity contribution in [1.82, 2.24) is 10.6 Å². The lowest BCUT2D eigenvalue weighted by Crippen LogP contribution is -2.45. The summed E-state index contributed by atoms with van der Waals surface area (Å²) < 4.78 is 0. The van der Waals surface area contributed by atoms with E-state index in [9.17, 15) is 9.59 Å². The Morgan fingerprint density at radius 2 is 1.68 bits per heavy atom. The number of para-hydroxylation sites is 1. The number of benzene rings is 2. The van der Waals surface area contributed by atoms with Gasteiger partial charge in [0, 0.05) is 21.8 Å². The van der Waals surface area contributed by atoms with Crippen molar-refractivity contribution in [2.75, 3.05) is 11.9 Å². The van der Waals surface area contributed by atoms with Gasteiger partial charge in [-0.05, 0) is 56.5 Å². The number of halogens is 2. The maximum atomic E-state index is 12.3. The second-order valence-electron chi connectivity index (χ2n) is 6.81. The first-order valence-corrected chi connectivity index (χ1v) is 9.79. The van der Waals surface area contributed by atoms with Crippen molar-refractivity contribution in [3.8, 4) is 0 Å². The summed E-state index contributed by atoms with van der Waals surface area (Å²) in [5, 5.41) is 9.77. The minimum Gasteiger partial charge on any atom is -0.346 e. The predicted octanol–water partition coefficient (Wildman–Crippen LogP) is 4.40.